The van der Waals surface area contributed by atoms with Crippen LogP contribution in [0.1, 0.15) is 58.2 Å². The number of aryl methyl sites for hydroxylation is 1. The molecule has 0 aliphatic carbocycles. The molecule has 0 unspecified atom stereocenters. The van der Waals surface area contributed by atoms with Gasteiger partial charge < -0.3 is 0 Å². The number of hydrogen-bond donors (Lipinski definition) is 0. The van der Waals surface area contributed by atoms with Gasteiger partial charge in [-0.15, -0.1) is 11.3 Å². The van der Waals surface area contributed by atoms with Gasteiger partial charge in [-0.05, 0) is 73.3 Å². The number of fused-ring (bicyclic) bond motifs is 2. The van der Waals surface area contributed by atoms with E-state index >= 15 is 0 Å². The van der Waals surface area contributed by atoms with Crippen LogP contribution < -0.4 is 9.69 Å². The summed E-state index contributed by atoms with van der Waals surface area (Å²) >= 11 is 1.97. The number of pyridine rings is 1. The summed E-state index contributed by atoms with van der Waals surface area (Å²) in [6, 6.07) is 25.1. The van der Waals surface area contributed by atoms with Crippen LogP contribution in [0.25, 0.3) is 32.1 Å². The normalized spacial score (nSPS) is 13.0. The van der Waals surface area contributed by atoms with E-state index in [1.165, 1.54) is 48.3 Å². The number of thiophene rings is 1. The molecule has 0 saturated carbocycles. The molecule has 0 saturated heterocycles. The van der Waals surface area contributed by atoms with Crippen molar-refractivity contribution in [3.8, 4) is 11.3 Å². The molecule has 37 heavy (non-hydrogen) atoms. The molecule has 5 rings (SSSR count). The molecule has 0 amide bonds. The molecule has 0 aliphatic rings. The van der Waals surface area contributed by atoms with Crippen molar-refractivity contribution in [3.63, 3.8) is 0 Å². The van der Waals surface area contributed by atoms with Gasteiger partial charge in [-0.25, -0.2) is 0 Å². The Morgan fingerprint density at radius 2 is 1.43 bits per heavy atom. The first-order valence-corrected chi connectivity index (χ1v) is 17.1. The quantitative estimate of drug-likeness (QED) is 0.216. The highest BCUT2D eigenvalue weighted by molar-refractivity contribution is 7.34. The third-order valence-corrected chi connectivity index (χ3v) is 14.1. The third-order valence-electron chi connectivity index (χ3n) is 7.84. The van der Waals surface area contributed by atoms with Crippen LogP contribution in [-0.2, 0) is 10.8 Å². The fourth-order valence-electron chi connectivity index (χ4n) is 5.54. The van der Waals surface area contributed by atoms with Gasteiger partial charge in [0.2, 0.25) is 0 Å². The molecule has 0 radical (unpaired) electrons. The van der Waals surface area contributed by atoms with Crippen LogP contribution in [0.3, 0.4) is 0 Å². The summed E-state index contributed by atoms with van der Waals surface area (Å²) in [4.78, 5) is 4.98. The highest BCUT2D eigenvalue weighted by Gasteiger charge is 2.32. The first-order chi connectivity index (χ1) is 17.3. The van der Waals surface area contributed by atoms with E-state index in [1.54, 1.807) is 4.50 Å². The summed E-state index contributed by atoms with van der Waals surface area (Å²) < 4.78 is 2.87. The Bertz CT molecular complexity index is 1610. The van der Waals surface area contributed by atoms with E-state index in [-0.39, 0.29) is 10.8 Å². The van der Waals surface area contributed by atoms with Gasteiger partial charge in [0.25, 0.3) is 0 Å². The second kappa shape index (κ2) is 8.92. The van der Waals surface area contributed by atoms with E-state index in [1.807, 2.05) is 17.5 Å². The fourth-order valence-corrected chi connectivity index (χ4v) is 10.6. The van der Waals surface area contributed by atoms with Gasteiger partial charge in [-0.1, -0.05) is 108 Å². The molecular formula is C34H39NSSi. The van der Waals surface area contributed by atoms with E-state index in [4.69, 9.17) is 4.98 Å². The van der Waals surface area contributed by atoms with Crippen LogP contribution in [0.15, 0.2) is 72.9 Å². The van der Waals surface area contributed by atoms with Gasteiger partial charge in [0, 0.05) is 11.8 Å². The van der Waals surface area contributed by atoms with Crippen LogP contribution in [0.4, 0.5) is 0 Å². The van der Waals surface area contributed by atoms with Crippen molar-refractivity contribution in [1.82, 2.24) is 4.98 Å². The summed E-state index contributed by atoms with van der Waals surface area (Å²) in [7, 11) is -1.88. The molecular weight excluding hydrogens is 483 g/mol. The van der Waals surface area contributed by atoms with E-state index in [0.717, 1.165) is 5.69 Å². The third kappa shape index (κ3) is 4.57. The minimum Gasteiger partial charge on any atom is -0.255 e. The van der Waals surface area contributed by atoms with E-state index in [2.05, 4.69) is 128 Å². The number of rotatable bonds is 3. The monoisotopic (exact) mass is 521 g/mol. The number of aromatic nitrogens is 1. The van der Waals surface area contributed by atoms with Crippen LogP contribution >= 0.6 is 11.3 Å². The summed E-state index contributed by atoms with van der Waals surface area (Å²) in [6.07, 6.45) is 2.00. The Kier molecular flexibility index (Phi) is 6.24. The average molecular weight is 522 g/mol. The topological polar surface area (TPSA) is 12.9 Å². The highest BCUT2D eigenvalue weighted by atomic mass is 32.1. The number of nitrogens with zero attached hydrogens (tertiary/aromatic N) is 1. The molecule has 0 spiro atoms. The van der Waals surface area contributed by atoms with Crippen molar-refractivity contribution in [2.75, 3.05) is 0 Å². The lowest BCUT2D eigenvalue weighted by Crippen LogP contribution is -2.52. The van der Waals surface area contributed by atoms with Crippen molar-refractivity contribution in [2.45, 2.75) is 72.4 Å². The fraction of sp³-hybridized carbons (Fsp3) is 0.324. The Morgan fingerprint density at radius 3 is 2.08 bits per heavy atom. The highest BCUT2D eigenvalue weighted by Crippen LogP contribution is 2.38. The van der Waals surface area contributed by atoms with Gasteiger partial charge in [-0.3, -0.25) is 4.98 Å². The lowest BCUT2D eigenvalue weighted by molar-refractivity contribution is 0.590. The Morgan fingerprint density at radius 1 is 0.757 bits per heavy atom. The predicted molar refractivity (Wildman–Crippen MR) is 168 cm³/mol. The van der Waals surface area contributed by atoms with Gasteiger partial charge in [-0.2, -0.15) is 0 Å². The van der Waals surface area contributed by atoms with Crippen molar-refractivity contribution < 1.29 is 0 Å². The smallest absolute Gasteiger partial charge is 0.125 e. The number of hydrogen-bond acceptors (Lipinski definition) is 2. The molecule has 5 aromatic rings. The number of benzene rings is 3. The lowest BCUT2D eigenvalue weighted by Gasteiger charge is -2.25. The summed E-state index contributed by atoms with van der Waals surface area (Å²) in [5, 5.41) is 5.46. The zero-order chi connectivity index (χ0) is 26.8. The van der Waals surface area contributed by atoms with Crippen LogP contribution in [0, 0.1) is 6.92 Å². The van der Waals surface area contributed by atoms with Crippen molar-refractivity contribution in [3.05, 3.63) is 89.6 Å². The molecule has 0 N–H and O–H groups in total. The van der Waals surface area contributed by atoms with Gasteiger partial charge in [0.05, 0.1) is 10.4 Å². The Hall–Kier alpha value is -2.75. The van der Waals surface area contributed by atoms with Gasteiger partial charge >= 0.3 is 0 Å². The molecule has 0 atom stereocenters. The van der Waals surface area contributed by atoms with Gasteiger partial charge in [0.15, 0.2) is 0 Å². The lowest BCUT2D eigenvalue weighted by atomic mass is 9.82. The summed E-state index contributed by atoms with van der Waals surface area (Å²) in [5.74, 6) is 0. The standard InChI is InChI=1S/C34H39NSSi/c1-22-27-18-19-35-30(24-20-23-12-10-11-13-28(23)29(21-24)34(5,6)7)31(27)36-32(22)37(8,9)26-16-14-25(15-17-26)33(2,3)4/h10-21H,1-9H3. The zero-order valence-electron chi connectivity index (χ0n) is 23.8. The van der Waals surface area contributed by atoms with Crippen LogP contribution in [0.5, 0.6) is 0 Å². The van der Waals surface area contributed by atoms with Gasteiger partial charge in [0.1, 0.15) is 8.07 Å². The minimum absolute atomic E-state index is 0.0498. The first kappa shape index (κ1) is 25.9. The maximum absolute atomic E-state index is 4.98. The Labute approximate surface area is 227 Å². The molecule has 0 aliphatic heterocycles. The second-order valence-corrected chi connectivity index (χ2v) is 18.8. The van der Waals surface area contributed by atoms with Crippen LogP contribution in [0.2, 0.25) is 13.1 Å². The molecule has 1 nitrogen and oxygen atoms in total. The molecule has 2 heterocycles. The summed E-state index contributed by atoms with van der Waals surface area (Å²) in [6.45, 7) is 21.1. The Balaban J connectivity index is 1.68. The minimum atomic E-state index is -1.88. The maximum Gasteiger partial charge on any atom is 0.125 e. The molecule has 3 heteroatoms. The van der Waals surface area contributed by atoms with E-state index in [0.29, 0.717) is 0 Å². The molecule has 2 aromatic heterocycles. The average Bonchev–Trinajstić information content (AvgIpc) is 3.19. The van der Waals surface area contributed by atoms with Crippen molar-refractivity contribution in [2.24, 2.45) is 0 Å². The predicted octanol–water partition coefficient (Wildman–Crippen LogP) is 8.84. The summed E-state index contributed by atoms with van der Waals surface area (Å²) in [5.41, 5.74) is 6.75. The maximum atomic E-state index is 4.98. The molecule has 0 bridgehead atoms. The molecule has 0 fully saturated rings. The SMILES string of the molecule is Cc1c([Si](C)(C)c2ccc(C(C)(C)C)cc2)sc2c(-c3cc(C(C)(C)C)c4ccccc4c3)nccc12. The molecule has 190 valence electrons. The molecule has 3 aromatic carbocycles. The van der Waals surface area contributed by atoms with E-state index < -0.39 is 8.07 Å². The van der Waals surface area contributed by atoms with E-state index in [9.17, 15) is 0 Å². The van der Waals surface area contributed by atoms with Crippen molar-refractivity contribution in [1.29, 1.82) is 0 Å². The second-order valence-electron chi connectivity index (χ2n) is 13.0. The van der Waals surface area contributed by atoms with Crippen LogP contribution in [-0.4, -0.2) is 13.1 Å². The zero-order valence-corrected chi connectivity index (χ0v) is 25.6. The first-order valence-electron chi connectivity index (χ1n) is 13.3. The van der Waals surface area contributed by atoms with Crippen molar-refractivity contribution >= 4 is 50.0 Å². The largest absolute Gasteiger partial charge is 0.255 e.